The van der Waals surface area contributed by atoms with Gasteiger partial charge in [0.2, 0.25) is 5.91 Å². The van der Waals surface area contributed by atoms with E-state index in [0.717, 1.165) is 19.3 Å². The lowest BCUT2D eigenvalue weighted by molar-refractivity contribution is -0.133. The lowest BCUT2D eigenvalue weighted by Gasteiger charge is -2.32. The summed E-state index contributed by atoms with van der Waals surface area (Å²) < 4.78 is 10.8. The number of nitrogens with two attached hydrogens (primary N) is 1. The first-order chi connectivity index (χ1) is 12.1. The Bertz CT molecular complexity index is 551. The molecule has 0 saturated carbocycles. The molecule has 0 unspecified atom stereocenters. The van der Waals surface area contributed by atoms with Crippen molar-refractivity contribution < 1.29 is 19.1 Å². The Labute approximate surface area is 149 Å². The Morgan fingerprint density at radius 3 is 2.44 bits per heavy atom. The van der Waals surface area contributed by atoms with Gasteiger partial charge in [-0.25, -0.2) is 0 Å². The van der Waals surface area contributed by atoms with Gasteiger partial charge in [-0.05, 0) is 50.1 Å². The van der Waals surface area contributed by atoms with E-state index in [1.54, 1.807) is 31.4 Å². The van der Waals surface area contributed by atoms with E-state index in [1.165, 1.54) is 0 Å². The number of ether oxygens (including phenoxy) is 2. The molecule has 0 aromatic heterocycles. The Hall–Kier alpha value is -1.92. The highest BCUT2D eigenvalue weighted by molar-refractivity contribution is 5.98. The number of carbonyl (C=O) groups is 2. The van der Waals surface area contributed by atoms with Gasteiger partial charge in [-0.1, -0.05) is 0 Å². The van der Waals surface area contributed by atoms with E-state index >= 15 is 0 Å². The molecule has 0 aliphatic carbocycles. The maximum atomic E-state index is 12.3. The lowest BCUT2D eigenvalue weighted by atomic mass is 10.0. The standard InChI is InChI=1S/C19H28N2O4/c1-24-16-5-3-15(4-6-16)18(22)7-8-19(23)21-12-9-17(10-13-21)25-14-2-11-20/h3-6,17H,2,7-14,20H2,1H3. The number of amides is 1. The summed E-state index contributed by atoms with van der Waals surface area (Å²) in [4.78, 5) is 26.3. The van der Waals surface area contributed by atoms with Crippen LogP contribution in [0.1, 0.15) is 42.5 Å². The van der Waals surface area contributed by atoms with E-state index in [0.29, 0.717) is 37.6 Å². The second-order valence-electron chi connectivity index (χ2n) is 6.24. The quantitative estimate of drug-likeness (QED) is 0.545. The van der Waals surface area contributed by atoms with Crippen molar-refractivity contribution in [2.24, 2.45) is 5.73 Å². The van der Waals surface area contributed by atoms with Crippen LogP contribution < -0.4 is 10.5 Å². The van der Waals surface area contributed by atoms with Crippen molar-refractivity contribution in [3.05, 3.63) is 29.8 Å². The fourth-order valence-corrected chi connectivity index (χ4v) is 2.91. The molecule has 0 bridgehead atoms. The monoisotopic (exact) mass is 348 g/mol. The predicted octanol–water partition coefficient (Wildman–Crippen LogP) is 2.01. The molecule has 6 nitrogen and oxygen atoms in total. The molecule has 138 valence electrons. The van der Waals surface area contributed by atoms with Crippen LogP contribution in [-0.4, -0.2) is 56.0 Å². The van der Waals surface area contributed by atoms with E-state index in [9.17, 15) is 9.59 Å². The van der Waals surface area contributed by atoms with Crippen LogP contribution in [0.25, 0.3) is 0 Å². The Kier molecular flexibility index (Phi) is 7.88. The van der Waals surface area contributed by atoms with Gasteiger partial charge in [0, 0.05) is 38.1 Å². The normalized spacial score (nSPS) is 15.2. The first kappa shape index (κ1) is 19.4. The Morgan fingerprint density at radius 1 is 1.16 bits per heavy atom. The average Bonchev–Trinajstić information content (AvgIpc) is 2.66. The molecular formula is C19H28N2O4. The number of hydrogen-bond donors (Lipinski definition) is 1. The van der Waals surface area contributed by atoms with E-state index in [2.05, 4.69) is 0 Å². The minimum absolute atomic E-state index is 0.0176. The molecule has 2 rings (SSSR count). The molecule has 1 fully saturated rings. The lowest BCUT2D eigenvalue weighted by Crippen LogP contribution is -2.41. The number of ketones is 1. The molecule has 0 spiro atoms. The molecular weight excluding hydrogens is 320 g/mol. The highest BCUT2D eigenvalue weighted by atomic mass is 16.5. The molecule has 1 heterocycles. The first-order valence-electron chi connectivity index (χ1n) is 8.90. The van der Waals surface area contributed by atoms with Crippen LogP contribution in [0.3, 0.4) is 0 Å². The topological polar surface area (TPSA) is 81.9 Å². The van der Waals surface area contributed by atoms with Crippen molar-refractivity contribution in [2.75, 3.05) is 33.4 Å². The molecule has 1 aliphatic rings. The summed E-state index contributed by atoms with van der Waals surface area (Å²) in [5, 5.41) is 0. The molecule has 1 saturated heterocycles. The summed E-state index contributed by atoms with van der Waals surface area (Å²) in [6, 6.07) is 6.97. The number of benzene rings is 1. The van der Waals surface area contributed by atoms with Crippen molar-refractivity contribution in [3.8, 4) is 5.75 Å². The molecule has 1 aliphatic heterocycles. The van der Waals surface area contributed by atoms with Crippen LogP contribution in [0.5, 0.6) is 5.75 Å². The molecule has 0 atom stereocenters. The SMILES string of the molecule is COc1ccc(C(=O)CCC(=O)N2CCC(OCCCN)CC2)cc1. The van der Waals surface area contributed by atoms with Crippen molar-refractivity contribution in [2.45, 2.75) is 38.2 Å². The summed E-state index contributed by atoms with van der Waals surface area (Å²) in [7, 11) is 1.59. The number of methoxy groups -OCH3 is 1. The van der Waals surface area contributed by atoms with E-state index in [-0.39, 0.29) is 30.6 Å². The smallest absolute Gasteiger partial charge is 0.223 e. The number of likely N-dealkylation sites (tertiary alicyclic amines) is 1. The van der Waals surface area contributed by atoms with Crippen LogP contribution >= 0.6 is 0 Å². The zero-order valence-corrected chi connectivity index (χ0v) is 14.9. The van der Waals surface area contributed by atoms with Crippen LogP contribution in [-0.2, 0) is 9.53 Å². The molecule has 6 heteroatoms. The summed E-state index contributed by atoms with van der Waals surface area (Å²) in [5.74, 6) is 0.738. The molecule has 1 aromatic rings. The largest absolute Gasteiger partial charge is 0.497 e. The third kappa shape index (κ3) is 6.14. The van der Waals surface area contributed by atoms with E-state index < -0.39 is 0 Å². The van der Waals surface area contributed by atoms with E-state index in [1.807, 2.05) is 4.90 Å². The molecule has 1 aromatic carbocycles. The zero-order chi connectivity index (χ0) is 18.1. The summed E-state index contributed by atoms with van der Waals surface area (Å²) in [6.07, 6.45) is 3.27. The minimum atomic E-state index is -0.0176. The number of hydrogen-bond acceptors (Lipinski definition) is 5. The van der Waals surface area contributed by atoms with Crippen molar-refractivity contribution >= 4 is 11.7 Å². The summed E-state index contributed by atoms with van der Waals surface area (Å²) >= 11 is 0. The highest BCUT2D eigenvalue weighted by Gasteiger charge is 2.23. The van der Waals surface area contributed by atoms with Crippen LogP contribution in [0.15, 0.2) is 24.3 Å². The molecule has 0 radical (unpaired) electrons. The summed E-state index contributed by atoms with van der Waals surface area (Å²) in [5.41, 5.74) is 6.07. The van der Waals surface area contributed by atoms with Crippen LogP contribution in [0, 0.1) is 0 Å². The average molecular weight is 348 g/mol. The number of rotatable bonds is 9. The second-order valence-corrected chi connectivity index (χ2v) is 6.24. The van der Waals surface area contributed by atoms with Gasteiger partial charge in [0.15, 0.2) is 5.78 Å². The van der Waals surface area contributed by atoms with E-state index in [4.69, 9.17) is 15.2 Å². The van der Waals surface area contributed by atoms with Gasteiger partial charge in [0.25, 0.3) is 0 Å². The number of carbonyl (C=O) groups excluding carboxylic acids is 2. The van der Waals surface area contributed by atoms with Crippen LogP contribution in [0.2, 0.25) is 0 Å². The Morgan fingerprint density at radius 2 is 1.84 bits per heavy atom. The van der Waals surface area contributed by atoms with Gasteiger partial charge in [0.1, 0.15) is 5.75 Å². The number of Topliss-reactive ketones (excluding diaryl/α,β-unsaturated/α-hetero) is 1. The maximum Gasteiger partial charge on any atom is 0.223 e. The minimum Gasteiger partial charge on any atom is -0.497 e. The molecule has 1 amide bonds. The zero-order valence-electron chi connectivity index (χ0n) is 14.9. The fourth-order valence-electron chi connectivity index (χ4n) is 2.91. The van der Waals surface area contributed by atoms with Gasteiger partial charge in [-0.2, -0.15) is 0 Å². The number of nitrogens with zero attached hydrogens (tertiary/aromatic N) is 1. The van der Waals surface area contributed by atoms with Gasteiger partial charge >= 0.3 is 0 Å². The third-order valence-corrected chi connectivity index (χ3v) is 4.47. The second kappa shape index (κ2) is 10.2. The fraction of sp³-hybridized carbons (Fsp3) is 0.579. The van der Waals surface area contributed by atoms with Gasteiger partial charge in [0.05, 0.1) is 13.2 Å². The predicted molar refractivity (Wildman–Crippen MR) is 95.8 cm³/mol. The first-order valence-corrected chi connectivity index (χ1v) is 8.90. The summed E-state index contributed by atoms with van der Waals surface area (Å²) in [6.45, 7) is 2.72. The third-order valence-electron chi connectivity index (χ3n) is 4.47. The van der Waals surface area contributed by atoms with Crippen molar-refractivity contribution in [3.63, 3.8) is 0 Å². The highest BCUT2D eigenvalue weighted by Crippen LogP contribution is 2.17. The molecule has 25 heavy (non-hydrogen) atoms. The maximum absolute atomic E-state index is 12.3. The van der Waals surface area contributed by atoms with Crippen LogP contribution in [0.4, 0.5) is 0 Å². The Balaban J connectivity index is 1.70. The van der Waals surface area contributed by atoms with Gasteiger partial charge in [-0.15, -0.1) is 0 Å². The molecule has 2 N–H and O–H groups in total. The van der Waals surface area contributed by atoms with Crippen molar-refractivity contribution in [1.82, 2.24) is 4.90 Å². The number of piperidine rings is 1. The van der Waals surface area contributed by atoms with Gasteiger partial charge in [-0.3, -0.25) is 9.59 Å². The van der Waals surface area contributed by atoms with Crippen molar-refractivity contribution in [1.29, 1.82) is 0 Å². The van der Waals surface area contributed by atoms with Gasteiger partial charge < -0.3 is 20.1 Å².